The molecule has 12 atom stereocenters. The Morgan fingerprint density at radius 3 is 1.59 bits per heavy atom. The molecule has 9 N–H and O–H groups in total. The van der Waals surface area contributed by atoms with E-state index in [-0.39, 0.29) is 18.9 Å². The molecular formula is C44H83NO13. The van der Waals surface area contributed by atoms with Crippen molar-refractivity contribution in [3.8, 4) is 0 Å². The van der Waals surface area contributed by atoms with Gasteiger partial charge < -0.3 is 65.1 Å². The Labute approximate surface area is 348 Å². The molecule has 2 aliphatic rings. The van der Waals surface area contributed by atoms with E-state index in [9.17, 15) is 45.6 Å². The molecule has 0 spiro atoms. The van der Waals surface area contributed by atoms with Gasteiger partial charge in [0.25, 0.3) is 0 Å². The molecule has 2 rings (SSSR count). The Hall–Kier alpha value is -1.27. The van der Waals surface area contributed by atoms with Crippen LogP contribution in [-0.2, 0) is 23.7 Å². The Morgan fingerprint density at radius 2 is 1.07 bits per heavy atom. The second-order valence-corrected chi connectivity index (χ2v) is 16.5. The molecular weight excluding hydrogens is 750 g/mol. The maximum Gasteiger partial charge on any atom is 0.220 e. The van der Waals surface area contributed by atoms with E-state index in [0.717, 1.165) is 51.4 Å². The van der Waals surface area contributed by atoms with E-state index in [0.29, 0.717) is 6.42 Å². The number of hydrogen-bond acceptors (Lipinski definition) is 13. The minimum atomic E-state index is -1.78. The molecule has 14 heteroatoms. The lowest BCUT2D eigenvalue weighted by Crippen LogP contribution is -2.65. The number of carbonyl (C=O) groups is 1. The van der Waals surface area contributed by atoms with Crippen molar-refractivity contribution in [3.63, 3.8) is 0 Å². The first-order chi connectivity index (χ1) is 28.1. The number of carbonyl (C=O) groups excluding carboxylic acids is 1. The number of allylic oxidation sites excluding steroid dienone is 1. The van der Waals surface area contributed by atoms with Crippen molar-refractivity contribution in [1.82, 2.24) is 5.32 Å². The van der Waals surface area contributed by atoms with Gasteiger partial charge in [-0.3, -0.25) is 4.79 Å². The third-order valence-electron chi connectivity index (χ3n) is 11.5. The van der Waals surface area contributed by atoms with Crippen LogP contribution in [0.25, 0.3) is 0 Å². The van der Waals surface area contributed by atoms with Crippen LogP contribution in [0.15, 0.2) is 12.2 Å². The highest BCUT2D eigenvalue weighted by atomic mass is 16.7. The summed E-state index contributed by atoms with van der Waals surface area (Å²) in [5.41, 5.74) is 0. The monoisotopic (exact) mass is 834 g/mol. The van der Waals surface area contributed by atoms with Crippen molar-refractivity contribution in [3.05, 3.63) is 12.2 Å². The van der Waals surface area contributed by atoms with Gasteiger partial charge in [0.15, 0.2) is 12.6 Å². The lowest BCUT2D eigenvalue weighted by Gasteiger charge is -2.46. The number of ether oxygens (including phenoxy) is 4. The first kappa shape index (κ1) is 52.9. The van der Waals surface area contributed by atoms with Crippen LogP contribution in [0.5, 0.6) is 0 Å². The summed E-state index contributed by atoms with van der Waals surface area (Å²) >= 11 is 0. The highest BCUT2D eigenvalue weighted by Gasteiger charge is 2.50. The lowest BCUT2D eigenvalue weighted by atomic mass is 9.97. The highest BCUT2D eigenvalue weighted by Crippen LogP contribution is 2.30. The standard InChI is InChI=1S/C44H83NO13/c1-3-5-7-9-11-12-13-14-15-16-17-18-19-20-21-22-23-25-27-33(48)32(45-36(49)28-26-24-10-8-6-4-2)31-55-43-41(54)39(52)42(35(30-47)57-43)58-44-40(53)38(51)37(50)34(29-46)56-44/h25,27,32-35,37-44,46-48,50-54H,3-24,26,28-31H2,1-2H3,(H,45,49)/b27-25+. The van der Waals surface area contributed by atoms with Crippen molar-refractivity contribution in [2.45, 2.75) is 242 Å². The first-order valence-corrected chi connectivity index (χ1v) is 22.9. The Morgan fingerprint density at radius 1 is 0.603 bits per heavy atom. The quantitative estimate of drug-likeness (QED) is 0.0324. The number of amides is 1. The number of nitrogens with one attached hydrogen (secondary N) is 1. The Bertz CT molecular complexity index is 1040. The molecule has 0 aromatic carbocycles. The molecule has 0 aromatic heterocycles. The molecule has 12 unspecified atom stereocenters. The third kappa shape index (κ3) is 20.5. The van der Waals surface area contributed by atoms with Crippen LogP contribution in [0.1, 0.15) is 168 Å². The topological polar surface area (TPSA) is 228 Å². The van der Waals surface area contributed by atoms with Gasteiger partial charge >= 0.3 is 0 Å². The van der Waals surface area contributed by atoms with E-state index in [4.69, 9.17) is 18.9 Å². The minimum Gasteiger partial charge on any atom is -0.394 e. The fourth-order valence-corrected chi connectivity index (χ4v) is 7.64. The van der Waals surface area contributed by atoms with E-state index >= 15 is 0 Å². The molecule has 0 aliphatic carbocycles. The average molecular weight is 834 g/mol. The number of aliphatic hydroxyl groups is 8. The van der Waals surface area contributed by atoms with Crippen LogP contribution >= 0.6 is 0 Å². The molecule has 2 fully saturated rings. The predicted octanol–water partition coefficient (Wildman–Crippen LogP) is 4.43. The van der Waals surface area contributed by atoms with Crippen LogP contribution in [0.3, 0.4) is 0 Å². The van der Waals surface area contributed by atoms with Gasteiger partial charge in [0.1, 0.15) is 48.8 Å². The number of unbranched alkanes of at least 4 members (excludes halogenated alkanes) is 21. The van der Waals surface area contributed by atoms with Gasteiger partial charge in [-0.2, -0.15) is 0 Å². The molecule has 0 bridgehead atoms. The van der Waals surface area contributed by atoms with E-state index in [1.165, 1.54) is 89.9 Å². The number of rotatable bonds is 34. The van der Waals surface area contributed by atoms with Gasteiger partial charge in [-0.25, -0.2) is 0 Å². The third-order valence-corrected chi connectivity index (χ3v) is 11.5. The van der Waals surface area contributed by atoms with Gasteiger partial charge in [-0.05, 0) is 19.3 Å². The maximum atomic E-state index is 12.9. The zero-order chi connectivity index (χ0) is 42.5. The average Bonchev–Trinajstić information content (AvgIpc) is 3.22. The molecule has 0 aromatic rings. The SMILES string of the molecule is CCCCCCCCCCCCCCCCCC/C=C/C(O)C(COC1OC(CO)C(OC2OC(CO)C(O)C(O)C2O)C(O)C1O)NC(=O)CCCCCCCC. The second kappa shape index (κ2) is 32.4. The zero-order valence-corrected chi connectivity index (χ0v) is 35.8. The van der Waals surface area contributed by atoms with Crippen LogP contribution < -0.4 is 5.32 Å². The molecule has 342 valence electrons. The molecule has 1 amide bonds. The van der Waals surface area contributed by atoms with Crippen LogP contribution in [0.2, 0.25) is 0 Å². The van der Waals surface area contributed by atoms with Gasteiger partial charge in [-0.1, -0.05) is 154 Å². The van der Waals surface area contributed by atoms with Crippen molar-refractivity contribution in [2.24, 2.45) is 0 Å². The second-order valence-electron chi connectivity index (χ2n) is 16.5. The fraction of sp³-hybridized carbons (Fsp3) is 0.932. The summed E-state index contributed by atoms with van der Waals surface area (Å²) in [6.45, 7) is 2.70. The molecule has 0 radical (unpaired) electrons. The van der Waals surface area contributed by atoms with E-state index in [1.807, 2.05) is 6.08 Å². The summed E-state index contributed by atoms with van der Waals surface area (Å²) < 4.78 is 22.6. The number of aliphatic hydroxyl groups excluding tert-OH is 8. The maximum absolute atomic E-state index is 12.9. The van der Waals surface area contributed by atoms with Gasteiger partial charge in [0.05, 0.1) is 32.0 Å². The normalized spacial score (nSPS) is 28.9. The van der Waals surface area contributed by atoms with Crippen molar-refractivity contribution in [1.29, 1.82) is 0 Å². The summed E-state index contributed by atoms with van der Waals surface area (Å²) in [5, 5.41) is 86.2. The van der Waals surface area contributed by atoms with Crippen molar-refractivity contribution >= 4 is 5.91 Å². The number of hydrogen-bond donors (Lipinski definition) is 9. The summed E-state index contributed by atoms with van der Waals surface area (Å²) in [6, 6.07) is -0.904. The molecule has 0 saturated carbocycles. The van der Waals surface area contributed by atoms with Crippen molar-refractivity contribution < 1.29 is 64.6 Å². The zero-order valence-electron chi connectivity index (χ0n) is 35.8. The Kier molecular flexibility index (Phi) is 29.6. The summed E-state index contributed by atoms with van der Waals surface area (Å²) in [7, 11) is 0. The first-order valence-electron chi connectivity index (χ1n) is 22.9. The summed E-state index contributed by atoms with van der Waals surface area (Å²) in [5.74, 6) is -0.249. The summed E-state index contributed by atoms with van der Waals surface area (Å²) in [4.78, 5) is 12.9. The van der Waals surface area contributed by atoms with E-state index < -0.39 is 86.8 Å². The predicted molar refractivity (Wildman–Crippen MR) is 222 cm³/mol. The van der Waals surface area contributed by atoms with Gasteiger partial charge in [0, 0.05) is 6.42 Å². The molecule has 58 heavy (non-hydrogen) atoms. The fourth-order valence-electron chi connectivity index (χ4n) is 7.64. The van der Waals surface area contributed by atoms with Crippen LogP contribution in [0, 0.1) is 0 Å². The van der Waals surface area contributed by atoms with Gasteiger partial charge in [-0.15, -0.1) is 0 Å². The Balaban J connectivity index is 1.83. The van der Waals surface area contributed by atoms with E-state index in [1.54, 1.807) is 6.08 Å². The summed E-state index contributed by atoms with van der Waals surface area (Å²) in [6.07, 6.45) is 14.4. The van der Waals surface area contributed by atoms with Gasteiger partial charge in [0.2, 0.25) is 5.91 Å². The van der Waals surface area contributed by atoms with Crippen LogP contribution in [0.4, 0.5) is 0 Å². The molecule has 2 saturated heterocycles. The highest BCUT2D eigenvalue weighted by molar-refractivity contribution is 5.76. The van der Waals surface area contributed by atoms with Crippen LogP contribution in [-0.4, -0.2) is 140 Å². The molecule has 2 heterocycles. The van der Waals surface area contributed by atoms with Crippen molar-refractivity contribution in [2.75, 3.05) is 19.8 Å². The molecule has 14 nitrogen and oxygen atoms in total. The minimum absolute atomic E-state index is 0.249. The molecule has 2 aliphatic heterocycles. The largest absolute Gasteiger partial charge is 0.394 e. The lowest BCUT2D eigenvalue weighted by molar-refractivity contribution is -0.359. The van der Waals surface area contributed by atoms with E-state index in [2.05, 4.69) is 19.2 Å². The smallest absolute Gasteiger partial charge is 0.220 e.